The summed E-state index contributed by atoms with van der Waals surface area (Å²) >= 11 is 3.36. The monoisotopic (exact) mass is 464 g/mol. The molecule has 9 nitrogen and oxygen atoms in total. The first kappa shape index (κ1) is 20.1. The molecule has 0 aliphatic rings. The molecule has 0 aliphatic heterocycles. The van der Waals surface area contributed by atoms with E-state index in [1.54, 1.807) is 12.1 Å². The van der Waals surface area contributed by atoms with Crippen LogP contribution in [0.3, 0.4) is 0 Å². The lowest BCUT2D eigenvalue weighted by Crippen LogP contribution is -2.23. The molecule has 0 fully saturated rings. The summed E-state index contributed by atoms with van der Waals surface area (Å²) in [5, 5.41) is 14.6. The van der Waals surface area contributed by atoms with Gasteiger partial charge < -0.3 is 5.32 Å². The number of tetrazole rings is 1. The highest BCUT2D eigenvalue weighted by atomic mass is 79.9. The number of carbonyl (C=O) groups excluding carboxylic acids is 1. The van der Waals surface area contributed by atoms with Crippen molar-refractivity contribution in [3.05, 3.63) is 53.0 Å². The Hall–Kier alpha value is -2.63. The molecular formula is C17H17BrN6O3S. The molecule has 28 heavy (non-hydrogen) atoms. The van der Waals surface area contributed by atoms with Crippen molar-refractivity contribution >= 4 is 37.5 Å². The molecule has 0 spiro atoms. The van der Waals surface area contributed by atoms with Gasteiger partial charge in [0.05, 0.1) is 4.90 Å². The summed E-state index contributed by atoms with van der Waals surface area (Å²) in [5.41, 5.74) is 1.14. The van der Waals surface area contributed by atoms with E-state index >= 15 is 0 Å². The molecule has 146 valence electrons. The predicted molar refractivity (Wildman–Crippen MR) is 107 cm³/mol. The van der Waals surface area contributed by atoms with Crippen LogP contribution in [0.1, 0.15) is 0 Å². The third-order valence-electron chi connectivity index (χ3n) is 3.74. The lowest BCUT2D eigenvalue weighted by molar-refractivity contribution is -0.117. The molecule has 0 radical (unpaired) electrons. The molecule has 2 aromatic carbocycles. The first-order valence-electron chi connectivity index (χ1n) is 8.12. The molecule has 11 heteroatoms. The highest BCUT2D eigenvalue weighted by Crippen LogP contribution is 2.19. The third kappa shape index (κ3) is 4.61. The van der Waals surface area contributed by atoms with Gasteiger partial charge >= 0.3 is 0 Å². The fourth-order valence-electron chi connectivity index (χ4n) is 2.30. The summed E-state index contributed by atoms with van der Waals surface area (Å²) < 4.78 is 26.4. The number of halogens is 1. The molecule has 3 rings (SSSR count). The zero-order valence-electron chi connectivity index (χ0n) is 15.1. The molecule has 1 aromatic heterocycles. The van der Waals surface area contributed by atoms with E-state index in [9.17, 15) is 13.2 Å². The van der Waals surface area contributed by atoms with Crippen LogP contribution in [0.2, 0.25) is 0 Å². The lowest BCUT2D eigenvalue weighted by Gasteiger charge is -2.12. The van der Waals surface area contributed by atoms with E-state index in [1.807, 2.05) is 24.3 Å². The maximum atomic E-state index is 12.3. The van der Waals surface area contributed by atoms with Crippen molar-refractivity contribution in [2.24, 2.45) is 0 Å². The number of benzene rings is 2. The van der Waals surface area contributed by atoms with Gasteiger partial charge in [-0.05, 0) is 47.7 Å². The van der Waals surface area contributed by atoms with Crippen LogP contribution in [0, 0.1) is 0 Å². The Morgan fingerprint density at radius 2 is 1.89 bits per heavy atom. The molecule has 0 unspecified atom stereocenters. The van der Waals surface area contributed by atoms with Gasteiger partial charge in [-0.3, -0.25) is 4.79 Å². The number of anilines is 1. The van der Waals surface area contributed by atoms with E-state index in [-0.39, 0.29) is 11.4 Å². The molecule has 1 N–H and O–H groups in total. The molecule has 1 amide bonds. The van der Waals surface area contributed by atoms with Gasteiger partial charge in [-0.25, -0.2) is 12.7 Å². The fraction of sp³-hybridized carbons (Fsp3) is 0.176. The summed E-state index contributed by atoms with van der Waals surface area (Å²) in [5.74, 6) is -0.00136. The average Bonchev–Trinajstić information content (AvgIpc) is 3.10. The van der Waals surface area contributed by atoms with Crippen molar-refractivity contribution in [3.63, 3.8) is 0 Å². The Bertz CT molecular complexity index is 1100. The number of hydrogen-bond acceptors (Lipinski definition) is 6. The number of carbonyl (C=O) groups is 1. The smallest absolute Gasteiger partial charge is 0.248 e. The summed E-state index contributed by atoms with van der Waals surface area (Å²) in [6.07, 6.45) is 0. The molecule has 0 aliphatic carbocycles. The van der Waals surface area contributed by atoms with Crippen LogP contribution in [0.4, 0.5) is 5.69 Å². The van der Waals surface area contributed by atoms with E-state index < -0.39 is 15.9 Å². The zero-order valence-corrected chi connectivity index (χ0v) is 17.5. The number of amides is 1. The van der Waals surface area contributed by atoms with Crippen molar-refractivity contribution in [1.82, 2.24) is 24.5 Å². The number of rotatable bonds is 6. The molecule has 0 atom stereocenters. The van der Waals surface area contributed by atoms with E-state index in [2.05, 4.69) is 36.7 Å². The largest absolute Gasteiger partial charge is 0.324 e. The molecule has 1 heterocycles. The SMILES string of the molecule is CN(C)S(=O)(=O)c1cccc(NC(=O)Cn2nnc(-c3ccc(Br)cc3)n2)c1. The highest BCUT2D eigenvalue weighted by molar-refractivity contribution is 9.10. The predicted octanol–water partition coefficient (Wildman–Crippen LogP) is 1.99. The first-order valence-corrected chi connectivity index (χ1v) is 10.4. The molecule has 3 aromatic rings. The molecule has 0 bridgehead atoms. The first-order chi connectivity index (χ1) is 13.3. The van der Waals surface area contributed by atoms with Crippen molar-refractivity contribution in [3.8, 4) is 11.4 Å². The van der Waals surface area contributed by atoms with Crippen LogP contribution in [0.5, 0.6) is 0 Å². The van der Waals surface area contributed by atoms with Gasteiger partial charge in [0.2, 0.25) is 21.8 Å². The summed E-state index contributed by atoms with van der Waals surface area (Å²) in [6.45, 7) is -0.159. The Morgan fingerprint density at radius 1 is 1.18 bits per heavy atom. The Balaban J connectivity index is 1.69. The van der Waals surface area contributed by atoms with E-state index in [1.165, 1.54) is 31.0 Å². The fourth-order valence-corrected chi connectivity index (χ4v) is 3.51. The standard InChI is InChI=1S/C17H17BrN6O3S/c1-23(2)28(26,27)15-5-3-4-14(10-15)19-16(25)11-24-21-17(20-22-24)12-6-8-13(18)9-7-12/h3-10H,11H2,1-2H3,(H,19,25). The normalized spacial score (nSPS) is 11.6. The van der Waals surface area contributed by atoms with Gasteiger partial charge in [-0.1, -0.05) is 22.0 Å². The number of aromatic nitrogens is 4. The van der Waals surface area contributed by atoms with Gasteiger partial charge in [0.1, 0.15) is 6.54 Å². The second kappa shape index (κ2) is 8.17. The molecular weight excluding hydrogens is 448 g/mol. The van der Waals surface area contributed by atoms with Gasteiger partial charge in [0, 0.05) is 29.8 Å². The lowest BCUT2D eigenvalue weighted by atomic mass is 10.2. The number of nitrogens with one attached hydrogen (secondary N) is 1. The maximum Gasteiger partial charge on any atom is 0.248 e. The Morgan fingerprint density at radius 3 is 2.57 bits per heavy atom. The minimum atomic E-state index is -3.59. The maximum absolute atomic E-state index is 12.3. The van der Waals surface area contributed by atoms with Crippen molar-refractivity contribution in [2.75, 3.05) is 19.4 Å². The van der Waals surface area contributed by atoms with Gasteiger partial charge in [0.15, 0.2) is 0 Å². The van der Waals surface area contributed by atoms with E-state index in [0.29, 0.717) is 11.5 Å². The van der Waals surface area contributed by atoms with Crippen LogP contribution in [0.25, 0.3) is 11.4 Å². The van der Waals surface area contributed by atoms with E-state index in [0.717, 1.165) is 14.3 Å². The number of nitrogens with zero attached hydrogens (tertiary/aromatic N) is 5. The Labute approximate surface area is 170 Å². The van der Waals surface area contributed by atoms with E-state index in [4.69, 9.17) is 0 Å². The number of hydrogen-bond donors (Lipinski definition) is 1. The van der Waals surface area contributed by atoms with Gasteiger partial charge in [-0.15, -0.1) is 10.2 Å². The molecule has 0 saturated heterocycles. The minimum Gasteiger partial charge on any atom is -0.324 e. The van der Waals surface area contributed by atoms with Crippen molar-refractivity contribution in [2.45, 2.75) is 11.4 Å². The minimum absolute atomic E-state index is 0.0895. The van der Waals surface area contributed by atoms with Crippen molar-refractivity contribution in [1.29, 1.82) is 0 Å². The van der Waals surface area contributed by atoms with Crippen LogP contribution in [-0.4, -0.2) is 52.9 Å². The second-order valence-electron chi connectivity index (χ2n) is 6.01. The molecule has 0 saturated carbocycles. The number of sulfonamides is 1. The van der Waals surface area contributed by atoms with Gasteiger partial charge in [-0.2, -0.15) is 4.80 Å². The summed E-state index contributed by atoms with van der Waals surface area (Å²) in [4.78, 5) is 13.5. The van der Waals surface area contributed by atoms with Crippen LogP contribution in [-0.2, 0) is 21.4 Å². The average molecular weight is 465 g/mol. The van der Waals surface area contributed by atoms with Gasteiger partial charge in [0.25, 0.3) is 0 Å². The third-order valence-corrected chi connectivity index (χ3v) is 6.08. The highest BCUT2D eigenvalue weighted by Gasteiger charge is 2.18. The van der Waals surface area contributed by atoms with Crippen LogP contribution < -0.4 is 5.32 Å². The van der Waals surface area contributed by atoms with Crippen LogP contribution >= 0.6 is 15.9 Å². The quantitative estimate of drug-likeness (QED) is 0.597. The summed E-state index contributed by atoms with van der Waals surface area (Å²) in [6, 6.07) is 13.4. The topological polar surface area (TPSA) is 110 Å². The zero-order chi connectivity index (χ0) is 20.3. The van der Waals surface area contributed by atoms with Crippen LogP contribution in [0.15, 0.2) is 57.9 Å². The van der Waals surface area contributed by atoms with Crippen molar-refractivity contribution < 1.29 is 13.2 Å². The Kier molecular flexibility index (Phi) is 5.87. The summed E-state index contributed by atoms with van der Waals surface area (Å²) in [7, 11) is -0.697. The second-order valence-corrected chi connectivity index (χ2v) is 9.08.